The van der Waals surface area contributed by atoms with E-state index < -0.39 is 6.03 Å². The number of amides is 3. The van der Waals surface area contributed by atoms with Crippen LogP contribution >= 0.6 is 11.6 Å². The zero-order chi connectivity index (χ0) is 21.8. The van der Waals surface area contributed by atoms with Crippen molar-refractivity contribution in [2.75, 3.05) is 0 Å². The highest BCUT2D eigenvalue weighted by Gasteiger charge is 2.33. The third-order valence-corrected chi connectivity index (χ3v) is 5.16. The van der Waals surface area contributed by atoms with Crippen LogP contribution in [0.2, 0.25) is 5.02 Å². The molecule has 156 valence electrons. The van der Waals surface area contributed by atoms with Gasteiger partial charge in [-0.3, -0.25) is 9.69 Å². The number of hydrogen-bond acceptors (Lipinski definition) is 3. The molecule has 6 heteroatoms. The minimum Gasteiger partial charge on any atom is -0.488 e. The molecule has 1 aliphatic rings. The average molecular weight is 433 g/mol. The number of nitrogens with zero attached hydrogens (tertiary/aromatic N) is 1. The molecule has 0 atom stereocenters. The molecule has 0 spiro atoms. The van der Waals surface area contributed by atoms with Crippen LogP contribution in [0, 0.1) is 6.92 Å². The molecule has 0 bridgehead atoms. The van der Waals surface area contributed by atoms with Gasteiger partial charge >= 0.3 is 6.03 Å². The zero-order valence-corrected chi connectivity index (χ0v) is 17.7. The second-order valence-electron chi connectivity index (χ2n) is 7.32. The van der Waals surface area contributed by atoms with Crippen LogP contribution in [0.25, 0.3) is 6.08 Å². The van der Waals surface area contributed by atoms with Crippen LogP contribution in [0.15, 0.2) is 78.5 Å². The van der Waals surface area contributed by atoms with E-state index in [-0.39, 0.29) is 18.1 Å². The molecule has 0 radical (unpaired) electrons. The summed E-state index contributed by atoms with van der Waals surface area (Å²) in [5.41, 5.74) is 3.88. The number of hydrogen-bond donors (Lipinski definition) is 1. The highest BCUT2D eigenvalue weighted by Crippen LogP contribution is 2.24. The van der Waals surface area contributed by atoms with Gasteiger partial charge in [-0.15, -0.1) is 0 Å². The van der Waals surface area contributed by atoms with Gasteiger partial charge in [-0.1, -0.05) is 71.8 Å². The van der Waals surface area contributed by atoms with Gasteiger partial charge < -0.3 is 10.1 Å². The highest BCUT2D eigenvalue weighted by molar-refractivity contribution is 6.30. The maximum Gasteiger partial charge on any atom is 0.329 e. The van der Waals surface area contributed by atoms with E-state index in [2.05, 4.69) is 5.32 Å². The third-order valence-electron chi connectivity index (χ3n) is 4.91. The van der Waals surface area contributed by atoms with Crippen molar-refractivity contribution >= 4 is 29.6 Å². The quantitative estimate of drug-likeness (QED) is 0.423. The molecule has 3 aromatic rings. The molecule has 4 rings (SSSR count). The number of rotatable bonds is 6. The smallest absolute Gasteiger partial charge is 0.329 e. The largest absolute Gasteiger partial charge is 0.488 e. The molecule has 0 aromatic heterocycles. The summed E-state index contributed by atoms with van der Waals surface area (Å²) in [7, 11) is 0. The normalized spacial score (nSPS) is 14.8. The SMILES string of the molecule is Cc1cccc(CN2C(=O)N/C(=C/c3ccccc3OCc3ccc(Cl)cc3)C2=O)c1. The average Bonchev–Trinajstić information content (AvgIpc) is 3.02. The first-order valence-electron chi connectivity index (χ1n) is 9.86. The van der Waals surface area contributed by atoms with Gasteiger partial charge in [0.25, 0.3) is 5.91 Å². The molecule has 5 nitrogen and oxygen atoms in total. The number of carbonyl (C=O) groups is 2. The molecule has 1 saturated heterocycles. The molecule has 0 saturated carbocycles. The van der Waals surface area contributed by atoms with Gasteiger partial charge in [0.2, 0.25) is 0 Å². The maximum absolute atomic E-state index is 12.9. The Bertz CT molecular complexity index is 1160. The number of imide groups is 1. The Labute approximate surface area is 185 Å². The van der Waals surface area contributed by atoms with E-state index in [0.717, 1.165) is 16.7 Å². The number of urea groups is 1. The van der Waals surface area contributed by atoms with Crippen LogP contribution in [0.3, 0.4) is 0 Å². The molecule has 1 fully saturated rings. The van der Waals surface area contributed by atoms with Crippen molar-refractivity contribution in [3.8, 4) is 5.75 Å². The first kappa shape index (κ1) is 20.7. The topological polar surface area (TPSA) is 58.6 Å². The van der Waals surface area contributed by atoms with E-state index in [0.29, 0.717) is 22.9 Å². The van der Waals surface area contributed by atoms with E-state index in [1.807, 2.05) is 79.7 Å². The zero-order valence-electron chi connectivity index (χ0n) is 17.0. The minimum absolute atomic E-state index is 0.221. The fourth-order valence-electron chi connectivity index (χ4n) is 3.34. The number of ether oxygens (including phenoxy) is 1. The summed E-state index contributed by atoms with van der Waals surface area (Å²) >= 11 is 5.93. The van der Waals surface area contributed by atoms with Gasteiger partial charge in [-0.2, -0.15) is 0 Å². The van der Waals surface area contributed by atoms with Crippen LogP contribution in [-0.4, -0.2) is 16.8 Å². The Balaban J connectivity index is 1.51. The lowest BCUT2D eigenvalue weighted by molar-refractivity contribution is -0.123. The van der Waals surface area contributed by atoms with Gasteiger partial charge in [-0.05, 0) is 42.3 Å². The summed E-state index contributed by atoms with van der Waals surface area (Å²) in [6.07, 6.45) is 1.65. The summed E-state index contributed by atoms with van der Waals surface area (Å²) in [6, 6.07) is 22.1. The van der Waals surface area contributed by atoms with E-state index in [1.165, 1.54) is 4.90 Å². The van der Waals surface area contributed by atoms with Crippen molar-refractivity contribution < 1.29 is 14.3 Å². The van der Waals surface area contributed by atoms with Gasteiger partial charge in [0.15, 0.2) is 0 Å². The minimum atomic E-state index is -0.433. The molecular weight excluding hydrogens is 412 g/mol. The molecule has 1 aliphatic heterocycles. The molecule has 31 heavy (non-hydrogen) atoms. The molecular formula is C25H21ClN2O3. The van der Waals surface area contributed by atoms with Crippen LogP contribution < -0.4 is 10.1 Å². The predicted octanol–water partition coefficient (Wildman–Crippen LogP) is 5.32. The number of nitrogens with one attached hydrogen (secondary N) is 1. The van der Waals surface area contributed by atoms with Crippen molar-refractivity contribution in [2.24, 2.45) is 0 Å². The van der Waals surface area contributed by atoms with Crippen molar-refractivity contribution in [3.05, 3.63) is 106 Å². The van der Waals surface area contributed by atoms with Crippen LogP contribution in [0.1, 0.15) is 22.3 Å². The molecule has 3 aromatic carbocycles. The Morgan fingerprint density at radius 1 is 0.968 bits per heavy atom. The number of halogens is 1. The summed E-state index contributed by atoms with van der Waals surface area (Å²) in [6.45, 7) is 2.55. The second kappa shape index (κ2) is 9.06. The van der Waals surface area contributed by atoms with Crippen molar-refractivity contribution in [2.45, 2.75) is 20.1 Å². The second-order valence-corrected chi connectivity index (χ2v) is 7.76. The van der Waals surface area contributed by atoms with Crippen molar-refractivity contribution in [1.29, 1.82) is 0 Å². The first-order valence-corrected chi connectivity index (χ1v) is 10.2. The molecule has 3 amide bonds. The lowest BCUT2D eigenvalue weighted by Gasteiger charge is -2.12. The van der Waals surface area contributed by atoms with Crippen LogP contribution in [0.4, 0.5) is 4.79 Å². The van der Waals surface area contributed by atoms with E-state index in [4.69, 9.17) is 16.3 Å². The van der Waals surface area contributed by atoms with E-state index in [9.17, 15) is 9.59 Å². The molecule has 1 heterocycles. The standard InChI is InChI=1S/C25H21ClN2O3/c1-17-5-4-6-19(13-17)15-28-24(29)22(27-25(28)30)14-20-7-2-3-8-23(20)31-16-18-9-11-21(26)12-10-18/h2-14H,15-16H2,1H3,(H,27,30)/b22-14+. The fourth-order valence-corrected chi connectivity index (χ4v) is 3.46. The van der Waals surface area contributed by atoms with E-state index in [1.54, 1.807) is 6.08 Å². The summed E-state index contributed by atoms with van der Waals surface area (Å²) in [5.74, 6) is 0.253. The van der Waals surface area contributed by atoms with Crippen molar-refractivity contribution in [1.82, 2.24) is 10.2 Å². The number of benzene rings is 3. The summed E-state index contributed by atoms with van der Waals surface area (Å²) < 4.78 is 5.95. The van der Waals surface area contributed by atoms with Crippen LogP contribution in [0.5, 0.6) is 5.75 Å². The Morgan fingerprint density at radius 2 is 1.74 bits per heavy atom. The first-order chi connectivity index (χ1) is 15.0. The molecule has 0 aliphatic carbocycles. The predicted molar refractivity (Wildman–Crippen MR) is 120 cm³/mol. The lowest BCUT2D eigenvalue weighted by atomic mass is 10.1. The Hall–Kier alpha value is -3.57. The highest BCUT2D eigenvalue weighted by atomic mass is 35.5. The number of carbonyl (C=O) groups excluding carboxylic acids is 2. The van der Waals surface area contributed by atoms with Gasteiger partial charge in [0, 0.05) is 10.6 Å². The monoisotopic (exact) mass is 432 g/mol. The number of aryl methyl sites for hydroxylation is 1. The fraction of sp³-hybridized carbons (Fsp3) is 0.120. The maximum atomic E-state index is 12.9. The van der Waals surface area contributed by atoms with Gasteiger partial charge in [0.05, 0.1) is 6.54 Å². The molecule has 0 unspecified atom stereocenters. The van der Waals surface area contributed by atoms with Gasteiger partial charge in [-0.25, -0.2) is 4.79 Å². The number of para-hydroxylation sites is 1. The lowest BCUT2D eigenvalue weighted by Crippen LogP contribution is -2.30. The van der Waals surface area contributed by atoms with Crippen molar-refractivity contribution in [3.63, 3.8) is 0 Å². The van der Waals surface area contributed by atoms with Crippen LogP contribution in [-0.2, 0) is 17.9 Å². The third kappa shape index (κ3) is 4.95. The molecule has 1 N–H and O–H groups in total. The van der Waals surface area contributed by atoms with E-state index >= 15 is 0 Å². The summed E-state index contributed by atoms with van der Waals surface area (Å²) in [5, 5.41) is 3.34. The summed E-state index contributed by atoms with van der Waals surface area (Å²) in [4.78, 5) is 26.5. The Morgan fingerprint density at radius 3 is 2.52 bits per heavy atom. The Kier molecular flexibility index (Phi) is 6.05. The van der Waals surface area contributed by atoms with Gasteiger partial charge in [0.1, 0.15) is 18.1 Å².